The van der Waals surface area contributed by atoms with E-state index in [0.29, 0.717) is 23.1 Å². The summed E-state index contributed by atoms with van der Waals surface area (Å²) in [5.74, 6) is -0.262. The van der Waals surface area contributed by atoms with E-state index < -0.39 is 5.97 Å². The normalized spacial score (nSPS) is 9.92. The largest absolute Gasteiger partial charge is 0.478 e. The monoisotopic (exact) mass is 344 g/mol. The minimum Gasteiger partial charge on any atom is -0.478 e. The Hall–Kier alpha value is -4.17. The fraction of sp³-hybridized carbons (Fsp3) is 0.0556. The van der Waals surface area contributed by atoms with Gasteiger partial charge in [0.15, 0.2) is 0 Å². The van der Waals surface area contributed by atoms with Crippen LogP contribution in [0.5, 0.6) is 0 Å². The SMILES string of the molecule is N#CC(C#N)=NNc1ccc(Cc2nc3ccc(C(=O)O)cc3[nH]2)cc1. The van der Waals surface area contributed by atoms with E-state index in [9.17, 15) is 4.79 Å². The lowest BCUT2D eigenvalue weighted by Gasteiger charge is -2.02. The van der Waals surface area contributed by atoms with Gasteiger partial charge < -0.3 is 10.1 Å². The number of aromatic nitrogens is 2. The van der Waals surface area contributed by atoms with E-state index in [-0.39, 0.29) is 11.3 Å². The lowest BCUT2D eigenvalue weighted by atomic mass is 10.1. The number of nitrogens with one attached hydrogen (secondary N) is 2. The fourth-order valence-corrected chi connectivity index (χ4v) is 2.37. The molecule has 0 radical (unpaired) electrons. The third-order valence-corrected chi connectivity index (χ3v) is 3.61. The van der Waals surface area contributed by atoms with Crippen molar-refractivity contribution < 1.29 is 9.90 Å². The maximum Gasteiger partial charge on any atom is 0.335 e. The van der Waals surface area contributed by atoms with Gasteiger partial charge in [0.2, 0.25) is 5.71 Å². The minimum atomic E-state index is -0.982. The van der Waals surface area contributed by atoms with E-state index >= 15 is 0 Å². The molecule has 2 aromatic carbocycles. The number of carboxylic acids is 1. The number of H-pyrrole nitrogens is 1. The van der Waals surface area contributed by atoms with Crippen LogP contribution in [0.25, 0.3) is 11.0 Å². The van der Waals surface area contributed by atoms with Crippen molar-refractivity contribution in [2.45, 2.75) is 6.42 Å². The molecule has 0 spiro atoms. The van der Waals surface area contributed by atoms with Gasteiger partial charge in [-0.1, -0.05) is 12.1 Å². The van der Waals surface area contributed by atoms with Crippen LogP contribution < -0.4 is 5.43 Å². The first-order valence-corrected chi connectivity index (χ1v) is 7.54. The van der Waals surface area contributed by atoms with Crippen LogP contribution >= 0.6 is 0 Å². The van der Waals surface area contributed by atoms with Crippen LogP contribution in [-0.2, 0) is 6.42 Å². The number of carboxylic acid groups (broad SMARTS) is 1. The number of nitriles is 2. The summed E-state index contributed by atoms with van der Waals surface area (Å²) in [5.41, 5.74) is 5.60. The number of hydrogen-bond acceptors (Lipinski definition) is 6. The summed E-state index contributed by atoms with van der Waals surface area (Å²) in [6, 6.07) is 15.4. The van der Waals surface area contributed by atoms with E-state index in [1.165, 1.54) is 6.07 Å². The Labute approximate surface area is 148 Å². The predicted molar refractivity (Wildman–Crippen MR) is 94.6 cm³/mol. The number of hydrogen-bond donors (Lipinski definition) is 3. The summed E-state index contributed by atoms with van der Waals surface area (Å²) < 4.78 is 0. The predicted octanol–water partition coefficient (Wildman–Crippen LogP) is 2.67. The highest BCUT2D eigenvalue weighted by Crippen LogP contribution is 2.17. The van der Waals surface area contributed by atoms with Gasteiger partial charge in [0, 0.05) is 6.42 Å². The third kappa shape index (κ3) is 3.66. The topological polar surface area (TPSA) is 138 Å². The van der Waals surface area contributed by atoms with Gasteiger partial charge in [0.05, 0.1) is 22.3 Å². The standard InChI is InChI=1S/C18H12N6O2/c19-9-14(10-20)24-23-13-4-1-11(2-5-13)7-17-21-15-6-3-12(18(25)26)8-16(15)22-17/h1-6,8,23H,7H2,(H,21,22)(H,25,26). The number of rotatable bonds is 5. The molecule has 0 aliphatic carbocycles. The van der Waals surface area contributed by atoms with Crippen LogP contribution in [0, 0.1) is 22.7 Å². The molecule has 0 amide bonds. The molecule has 0 aliphatic rings. The average molecular weight is 344 g/mol. The second-order valence-corrected chi connectivity index (χ2v) is 5.39. The molecule has 0 fully saturated rings. The lowest BCUT2D eigenvalue weighted by Crippen LogP contribution is -1.97. The van der Waals surface area contributed by atoms with Gasteiger partial charge in [-0.2, -0.15) is 15.6 Å². The zero-order valence-corrected chi connectivity index (χ0v) is 13.4. The van der Waals surface area contributed by atoms with Crippen LogP contribution in [0.3, 0.4) is 0 Å². The molecule has 0 bridgehead atoms. The summed E-state index contributed by atoms with van der Waals surface area (Å²) in [7, 11) is 0. The first-order chi connectivity index (χ1) is 12.6. The van der Waals surface area contributed by atoms with Crippen molar-refractivity contribution in [3.63, 3.8) is 0 Å². The number of fused-ring (bicyclic) bond motifs is 1. The Morgan fingerprint density at radius 3 is 2.58 bits per heavy atom. The number of aromatic carboxylic acids is 1. The molecule has 0 unspecified atom stereocenters. The second kappa shape index (κ2) is 7.16. The highest BCUT2D eigenvalue weighted by atomic mass is 16.4. The Bertz CT molecular complexity index is 1070. The fourth-order valence-electron chi connectivity index (χ4n) is 2.37. The van der Waals surface area contributed by atoms with E-state index in [1.807, 2.05) is 12.1 Å². The number of aromatic amines is 1. The van der Waals surface area contributed by atoms with Crippen LogP contribution in [-0.4, -0.2) is 26.8 Å². The van der Waals surface area contributed by atoms with Crippen molar-refractivity contribution in [1.29, 1.82) is 10.5 Å². The van der Waals surface area contributed by atoms with Crippen LogP contribution in [0.2, 0.25) is 0 Å². The number of hydrazone groups is 1. The highest BCUT2D eigenvalue weighted by Gasteiger charge is 2.08. The molecule has 0 saturated heterocycles. The average Bonchev–Trinajstić information content (AvgIpc) is 3.05. The van der Waals surface area contributed by atoms with Gasteiger partial charge in [0.1, 0.15) is 18.0 Å². The Morgan fingerprint density at radius 2 is 1.92 bits per heavy atom. The number of imidazole rings is 1. The molecule has 26 heavy (non-hydrogen) atoms. The smallest absolute Gasteiger partial charge is 0.335 e. The van der Waals surface area contributed by atoms with Gasteiger partial charge in [-0.25, -0.2) is 9.78 Å². The Kier molecular flexibility index (Phi) is 4.59. The highest BCUT2D eigenvalue weighted by molar-refractivity contribution is 6.10. The van der Waals surface area contributed by atoms with Crippen LogP contribution in [0.15, 0.2) is 47.6 Å². The summed E-state index contributed by atoms with van der Waals surface area (Å²) in [5, 5.41) is 30.0. The molecular weight excluding hydrogens is 332 g/mol. The van der Waals surface area contributed by atoms with Crippen molar-refractivity contribution >= 4 is 28.4 Å². The summed E-state index contributed by atoms with van der Waals surface area (Å²) in [6.45, 7) is 0. The quantitative estimate of drug-likeness (QED) is 0.480. The zero-order valence-electron chi connectivity index (χ0n) is 13.4. The van der Waals surface area contributed by atoms with Crippen molar-refractivity contribution in [3.05, 3.63) is 59.4 Å². The van der Waals surface area contributed by atoms with Gasteiger partial charge in [-0.05, 0) is 35.9 Å². The Balaban J connectivity index is 1.74. The van der Waals surface area contributed by atoms with Crippen LogP contribution in [0.1, 0.15) is 21.7 Å². The van der Waals surface area contributed by atoms with Gasteiger partial charge in [-0.3, -0.25) is 5.43 Å². The first-order valence-electron chi connectivity index (χ1n) is 7.54. The van der Waals surface area contributed by atoms with Crippen molar-refractivity contribution in [2.24, 2.45) is 5.10 Å². The zero-order chi connectivity index (χ0) is 18.5. The van der Waals surface area contributed by atoms with Crippen molar-refractivity contribution in [3.8, 4) is 12.1 Å². The maximum absolute atomic E-state index is 11.0. The number of carbonyl (C=O) groups is 1. The molecule has 0 saturated carbocycles. The molecule has 3 N–H and O–H groups in total. The molecule has 126 valence electrons. The molecule has 1 heterocycles. The van der Waals surface area contributed by atoms with Gasteiger partial charge in [0.25, 0.3) is 0 Å². The molecule has 3 aromatic rings. The third-order valence-electron chi connectivity index (χ3n) is 3.61. The molecule has 0 aliphatic heterocycles. The second-order valence-electron chi connectivity index (χ2n) is 5.39. The molecule has 3 rings (SSSR count). The Morgan fingerprint density at radius 1 is 1.19 bits per heavy atom. The van der Waals surface area contributed by atoms with Gasteiger partial charge in [-0.15, -0.1) is 0 Å². The molecular formula is C18H12N6O2. The van der Waals surface area contributed by atoms with Gasteiger partial charge >= 0.3 is 5.97 Å². The lowest BCUT2D eigenvalue weighted by molar-refractivity contribution is 0.0697. The van der Waals surface area contributed by atoms with Crippen LogP contribution in [0.4, 0.5) is 5.69 Å². The summed E-state index contributed by atoms with van der Waals surface area (Å²) in [4.78, 5) is 18.6. The van der Waals surface area contributed by atoms with E-state index in [4.69, 9.17) is 15.6 Å². The molecule has 1 aromatic heterocycles. The maximum atomic E-state index is 11.0. The number of anilines is 1. The number of nitrogens with zero attached hydrogens (tertiary/aromatic N) is 4. The molecule has 0 atom stereocenters. The van der Waals surface area contributed by atoms with Crippen molar-refractivity contribution in [2.75, 3.05) is 5.43 Å². The number of benzene rings is 2. The first kappa shape index (κ1) is 16.7. The summed E-state index contributed by atoms with van der Waals surface area (Å²) in [6.07, 6.45) is 0.544. The minimum absolute atomic E-state index is 0.206. The van der Waals surface area contributed by atoms with E-state index in [1.54, 1.807) is 36.4 Å². The van der Waals surface area contributed by atoms with E-state index in [0.717, 1.165) is 11.4 Å². The van der Waals surface area contributed by atoms with Crippen molar-refractivity contribution in [1.82, 2.24) is 9.97 Å². The summed E-state index contributed by atoms with van der Waals surface area (Å²) >= 11 is 0. The van der Waals surface area contributed by atoms with E-state index in [2.05, 4.69) is 20.5 Å². The molecule has 8 heteroatoms. The molecule has 8 nitrogen and oxygen atoms in total.